The zero-order chi connectivity index (χ0) is 26.4. The largest absolute Gasteiger partial charge is 0.497 e. The molecule has 1 aliphatic rings. The molecule has 0 aliphatic carbocycles. The molecule has 1 heterocycles. The van der Waals surface area contributed by atoms with E-state index < -0.39 is 12.0 Å². The highest BCUT2D eigenvalue weighted by Crippen LogP contribution is 2.33. The maximum Gasteiger partial charge on any atom is 0.338 e. The number of carbonyl (C=O) groups is 3. The molecular weight excluding hydrogens is 462 g/mol. The number of carbonyl (C=O) groups excluding carboxylic acids is 3. The summed E-state index contributed by atoms with van der Waals surface area (Å²) in [5, 5.41) is 5.79. The second kappa shape index (κ2) is 11.6. The minimum Gasteiger partial charge on any atom is -0.497 e. The third kappa shape index (κ3) is 5.79. The number of hydrogen-bond acceptors (Lipinski definition) is 6. The van der Waals surface area contributed by atoms with Crippen molar-refractivity contribution in [1.82, 2.24) is 10.2 Å². The zero-order valence-electron chi connectivity index (χ0n) is 21.5. The number of urea groups is 1. The molecule has 2 aromatic carbocycles. The number of anilines is 1. The van der Waals surface area contributed by atoms with E-state index in [0.29, 0.717) is 46.1 Å². The Balaban J connectivity index is 1.95. The van der Waals surface area contributed by atoms with Gasteiger partial charge in [-0.2, -0.15) is 0 Å². The first-order chi connectivity index (χ1) is 17.2. The van der Waals surface area contributed by atoms with Crippen molar-refractivity contribution >= 4 is 23.6 Å². The van der Waals surface area contributed by atoms with E-state index in [1.165, 1.54) is 14.2 Å². The number of nitrogens with zero attached hydrogens (tertiary/aromatic N) is 1. The van der Waals surface area contributed by atoms with E-state index >= 15 is 0 Å². The number of nitrogens with one attached hydrogen (secondary N) is 2. The van der Waals surface area contributed by atoms with Gasteiger partial charge in [0.25, 0.3) is 5.91 Å². The van der Waals surface area contributed by atoms with Gasteiger partial charge in [-0.1, -0.05) is 19.1 Å². The average Bonchev–Trinajstić information content (AvgIpc) is 2.85. The van der Waals surface area contributed by atoms with Gasteiger partial charge in [0.05, 0.1) is 37.5 Å². The van der Waals surface area contributed by atoms with Crippen molar-refractivity contribution in [2.24, 2.45) is 0 Å². The molecule has 0 radical (unpaired) electrons. The molecule has 0 aromatic heterocycles. The summed E-state index contributed by atoms with van der Waals surface area (Å²) in [7, 11) is 3.01. The van der Waals surface area contributed by atoms with Crippen LogP contribution in [0.3, 0.4) is 0 Å². The van der Waals surface area contributed by atoms with E-state index in [2.05, 4.69) is 10.6 Å². The molecular formula is C27H33N3O6. The summed E-state index contributed by atoms with van der Waals surface area (Å²) in [5.74, 6) is 0.0694. The van der Waals surface area contributed by atoms with Crippen LogP contribution in [0.5, 0.6) is 11.5 Å². The van der Waals surface area contributed by atoms with E-state index in [1.807, 2.05) is 6.92 Å². The molecule has 1 aliphatic heterocycles. The Morgan fingerprint density at radius 3 is 2.50 bits per heavy atom. The molecule has 2 aromatic rings. The number of ether oxygens (including phenoxy) is 3. The molecule has 1 atom stereocenters. The van der Waals surface area contributed by atoms with Crippen molar-refractivity contribution in [2.75, 3.05) is 26.1 Å². The molecule has 3 rings (SSSR count). The third-order valence-electron chi connectivity index (χ3n) is 5.74. The molecule has 0 saturated carbocycles. The summed E-state index contributed by atoms with van der Waals surface area (Å²) in [6.07, 6.45) is 0.416. The summed E-state index contributed by atoms with van der Waals surface area (Å²) in [5.41, 5.74) is 2.37. The van der Waals surface area contributed by atoms with E-state index in [9.17, 15) is 14.4 Å². The maximum absolute atomic E-state index is 13.1. The molecule has 36 heavy (non-hydrogen) atoms. The van der Waals surface area contributed by atoms with Crippen LogP contribution in [0.2, 0.25) is 0 Å². The minimum absolute atomic E-state index is 0.294. The van der Waals surface area contributed by atoms with Gasteiger partial charge in [0.1, 0.15) is 11.5 Å². The quantitative estimate of drug-likeness (QED) is 0.490. The Labute approximate surface area is 211 Å². The SMILES string of the molecule is CCCN1C(=O)NC(c2cccc(NC(=O)c3ccc(OC)cc3OC)c2)C(C(=O)OC(C)C)=C1C. The van der Waals surface area contributed by atoms with Gasteiger partial charge in [-0.25, -0.2) is 9.59 Å². The van der Waals surface area contributed by atoms with E-state index in [1.54, 1.807) is 68.1 Å². The van der Waals surface area contributed by atoms with Crippen LogP contribution in [0.4, 0.5) is 10.5 Å². The lowest BCUT2D eigenvalue weighted by Gasteiger charge is -2.35. The molecule has 9 heteroatoms. The number of esters is 1. The Morgan fingerprint density at radius 1 is 1.11 bits per heavy atom. The van der Waals surface area contributed by atoms with Crippen LogP contribution in [0.25, 0.3) is 0 Å². The van der Waals surface area contributed by atoms with Gasteiger partial charge in [0.15, 0.2) is 0 Å². The highest BCUT2D eigenvalue weighted by molar-refractivity contribution is 6.06. The fourth-order valence-electron chi connectivity index (χ4n) is 4.05. The van der Waals surface area contributed by atoms with E-state index in [0.717, 1.165) is 6.42 Å². The smallest absolute Gasteiger partial charge is 0.338 e. The van der Waals surface area contributed by atoms with Gasteiger partial charge >= 0.3 is 12.0 Å². The van der Waals surface area contributed by atoms with E-state index in [-0.39, 0.29) is 18.0 Å². The molecule has 9 nitrogen and oxygen atoms in total. The molecule has 0 fully saturated rings. The monoisotopic (exact) mass is 495 g/mol. The molecule has 1 unspecified atom stereocenters. The predicted octanol–water partition coefficient (Wildman–Crippen LogP) is 4.66. The Bertz CT molecular complexity index is 1170. The summed E-state index contributed by atoms with van der Waals surface area (Å²) in [6.45, 7) is 7.74. The lowest BCUT2D eigenvalue weighted by atomic mass is 9.94. The summed E-state index contributed by atoms with van der Waals surface area (Å²) >= 11 is 0. The number of allylic oxidation sites excluding steroid dienone is 1. The lowest BCUT2D eigenvalue weighted by molar-refractivity contribution is -0.143. The molecule has 0 saturated heterocycles. The number of methoxy groups -OCH3 is 2. The van der Waals surface area contributed by atoms with Crippen molar-refractivity contribution in [3.8, 4) is 11.5 Å². The predicted molar refractivity (Wildman–Crippen MR) is 136 cm³/mol. The van der Waals surface area contributed by atoms with Gasteiger partial charge in [0.2, 0.25) is 0 Å². The standard InChI is InChI=1S/C27H33N3O6/c1-7-13-30-17(4)23(26(32)36-16(2)3)24(29-27(30)33)18-9-8-10-19(14-18)28-25(31)21-12-11-20(34-5)15-22(21)35-6/h8-12,14-16,24H,7,13H2,1-6H3,(H,28,31)(H,29,33). The summed E-state index contributed by atoms with van der Waals surface area (Å²) in [6, 6.07) is 10.9. The number of hydrogen-bond donors (Lipinski definition) is 2. The second-order valence-corrected chi connectivity index (χ2v) is 8.63. The van der Waals surface area contributed by atoms with Crippen molar-refractivity contribution in [1.29, 1.82) is 0 Å². The number of amides is 3. The highest BCUT2D eigenvalue weighted by Gasteiger charge is 2.36. The van der Waals surface area contributed by atoms with Crippen molar-refractivity contribution < 1.29 is 28.6 Å². The third-order valence-corrected chi connectivity index (χ3v) is 5.74. The normalized spacial score (nSPS) is 15.5. The van der Waals surface area contributed by atoms with Crippen LogP contribution >= 0.6 is 0 Å². The topological polar surface area (TPSA) is 106 Å². The Hall–Kier alpha value is -4.01. The average molecular weight is 496 g/mol. The van der Waals surface area contributed by atoms with Crippen molar-refractivity contribution in [3.63, 3.8) is 0 Å². The minimum atomic E-state index is -0.732. The Kier molecular flexibility index (Phi) is 8.58. The fourth-order valence-corrected chi connectivity index (χ4v) is 4.05. The van der Waals surface area contributed by atoms with Gasteiger partial charge in [-0.05, 0) is 57.0 Å². The first-order valence-corrected chi connectivity index (χ1v) is 11.8. The first-order valence-electron chi connectivity index (χ1n) is 11.8. The first kappa shape index (κ1) is 26.6. The molecule has 0 bridgehead atoms. The van der Waals surface area contributed by atoms with Crippen molar-refractivity contribution in [3.05, 3.63) is 64.9 Å². The number of rotatable bonds is 9. The summed E-state index contributed by atoms with van der Waals surface area (Å²) < 4.78 is 16.0. The highest BCUT2D eigenvalue weighted by atomic mass is 16.5. The second-order valence-electron chi connectivity index (χ2n) is 8.63. The van der Waals surface area contributed by atoms with Crippen LogP contribution in [0, 0.1) is 0 Å². The molecule has 192 valence electrons. The zero-order valence-corrected chi connectivity index (χ0v) is 21.5. The number of benzene rings is 2. The molecule has 0 spiro atoms. The van der Waals surface area contributed by atoms with E-state index in [4.69, 9.17) is 14.2 Å². The molecule has 2 N–H and O–H groups in total. The van der Waals surface area contributed by atoms with Crippen LogP contribution in [0.1, 0.15) is 56.1 Å². The lowest BCUT2D eigenvalue weighted by Crippen LogP contribution is -2.48. The fraction of sp³-hybridized carbons (Fsp3) is 0.370. The van der Waals surface area contributed by atoms with Crippen LogP contribution < -0.4 is 20.1 Å². The van der Waals surface area contributed by atoms with Crippen LogP contribution in [0.15, 0.2) is 53.7 Å². The van der Waals surface area contributed by atoms with Gasteiger partial charge < -0.3 is 24.8 Å². The van der Waals surface area contributed by atoms with Crippen LogP contribution in [-0.2, 0) is 9.53 Å². The summed E-state index contributed by atoms with van der Waals surface area (Å²) in [4.78, 5) is 40.5. The van der Waals surface area contributed by atoms with Gasteiger partial charge in [0, 0.05) is 24.0 Å². The van der Waals surface area contributed by atoms with Gasteiger partial charge in [-0.3, -0.25) is 9.69 Å². The van der Waals surface area contributed by atoms with Crippen LogP contribution in [-0.4, -0.2) is 49.7 Å². The molecule has 3 amide bonds. The maximum atomic E-state index is 13.1. The van der Waals surface area contributed by atoms with Crippen molar-refractivity contribution in [2.45, 2.75) is 46.3 Å². The van der Waals surface area contributed by atoms with Gasteiger partial charge in [-0.15, -0.1) is 0 Å². The Morgan fingerprint density at radius 2 is 1.86 bits per heavy atom.